The number of carboxylic acids is 1. The van der Waals surface area contributed by atoms with Gasteiger partial charge in [0.05, 0.1) is 18.6 Å². The number of aliphatic carboxylic acids is 1. The number of likely N-dealkylation sites (tertiary alicyclic amines) is 1. The zero-order chi connectivity index (χ0) is 14.9. The van der Waals surface area contributed by atoms with Crippen molar-refractivity contribution < 1.29 is 23.1 Å². The monoisotopic (exact) mass is 304 g/mol. The Morgan fingerprint density at radius 1 is 1.25 bits per heavy atom. The summed E-state index contributed by atoms with van der Waals surface area (Å²) in [6.45, 7) is 1.67. The normalized spacial score (nSPS) is 25.2. The van der Waals surface area contributed by atoms with Crippen LogP contribution in [0.5, 0.6) is 0 Å². The quantitative estimate of drug-likeness (QED) is 0.762. The maximum atomic E-state index is 12.2. The molecule has 1 N–H and O–H groups in total. The van der Waals surface area contributed by atoms with Crippen LogP contribution >= 0.6 is 0 Å². The molecule has 0 spiro atoms. The van der Waals surface area contributed by atoms with Crippen molar-refractivity contribution in [3.63, 3.8) is 0 Å². The Bertz CT molecular complexity index is 498. The number of rotatable bonds is 4. The number of piperidine rings is 1. The fourth-order valence-corrected chi connectivity index (χ4v) is 3.74. The van der Waals surface area contributed by atoms with Crippen molar-refractivity contribution in [1.29, 1.82) is 0 Å². The van der Waals surface area contributed by atoms with Gasteiger partial charge in [-0.1, -0.05) is 0 Å². The molecule has 0 aromatic heterocycles. The maximum Gasteiger partial charge on any atom is 0.303 e. The topological polar surface area (TPSA) is 95.0 Å². The minimum Gasteiger partial charge on any atom is -0.481 e. The summed E-state index contributed by atoms with van der Waals surface area (Å²) in [4.78, 5) is 24.4. The number of carbonyl (C=O) groups excluding carboxylic acids is 1. The molecular weight excluding hydrogens is 284 g/mol. The number of hydrogen-bond donors (Lipinski definition) is 1. The van der Waals surface area contributed by atoms with Gasteiger partial charge in [0.15, 0.2) is 0 Å². The van der Waals surface area contributed by atoms with Gasteiger partial charge in [-0.3, -0.25) is 9.59 Å². The van der Waals surface area contributed by atoms with E-state index in [1.54, 1.807) is 4.90 Å². The Hall–Kier alpha value is -1.15. The van der Waals surface area contributed by atoms with E-state index in [0.717, 1.165) is 6.26 Å². The first-order chi connectivity index (χ1) is 9.27. The first-order valence-electron chi connectivity index (χ1n) is 6.73. The fourth-order valence-electron chi connectivity index (χ4n) is 2.83. The van der Waals surface area contributed by atoms with Gasteiger partial charge < -0.3 is 10.0 Å². The Morgan fingerprint density at radius 2 is 1.90 bits per heavy atom. The van der Waals surface area contributed by atoms with Gasteiger partial charge in [-0.05, 0) is 12.8 Å². The third kappa shape index (κ3) is 3.49. The SMILES string of the molecule is CS(=O)(=O)N1CCCC(C(=O)N2CC(CC(=O)O)C2)C1. The van der Waals surface area contributed by atoms with Crippen LogP contribution in [-0.4, -0.2) is 67.0 Å². The minimum atomic E-state index is -3.25. The van der Waals surface area contributed by atoms with E-state index in [-0.39, 0.29) is 30.7 Å². The lowest BCUT2D eigenvalue weighted by atomic mass is 9.91. The second-order valence-electron chi connectivity index (χ2n) is 5.67. The predicted octanol–water partition coefficient (Wildman–Crippen LogP) is -0.409. The third-order valence-corrected chi connectivity index (χ3v) is 5.20. The molecule has 1 unspecified atom stereocenters. The van der Waals surface area contributed by atoms with E-state index in [1.165, 1.54) is 4.31 Å². The van der Waals surface area contributed by atoms with Gasteiger partial charge in [-0.25, -0.2) is 12.7 Å². The number of carbonyl (C=O) groups is 2. The third-order valence-electron chi connectivity index (χ3n) is 3.93. The van der Waals surface area contributed by atoms with Gasteiger partial charge in [0, 0.05) is 32.1 Å². The molecule has 114 valence electrons. The van der Waals surface area contributed by atoms with Crippen LogP contribution in [0.15, 0.2) is 0 Å². The van der Waals surface area contributed by atoms with E-state index in [1.807, 2.05) is 0 Å². The highest BCUT2D eigenvalue weighted by Gasteiger charge is 2.38. The van der Waals surface area contributed by atoms with E-state index in [2.05, 4.69) is 0 Å². The molecule has 0 saturated carbocycles. The molecule has 0 radical (unpaired) electrons. The van der Waals surface area contributed by atoms with Crippen molar-refractivity contribution in [3.8, 4) is 0 Å². The Kier molecular flexibility index (Phi) is 4.33. The summed E-state index contributed by atoms with van der Waals surface area (Å²) in [5.41, 5.74) is 0. The fraction of sp³-hybridized carbons (Fsp3) is 0.833. The number of hydrogen-bond acceptors (Lipinski definition) is 4. The molecule has 0 aromatic carbocycles. The molecule has 2 fully saturated rings. The standard InChI is InChI=1S/C12H20N2O5S/c1-20(18,19)14-4-2-3-10(8-14)12(17)13-6-9(7-13)5-11(15)16/h9-10H,2-8H2,1H3,(H,15,16). The van der Waals surface area contributed by atoms with E-state index in [0.29, 0.717) is 32.5 Å². The highest BCUT2D eigenvalue weighted by atomic mass is 32.2. The first-order valence-corrected chi connectivity index (χ1v) is 8.58. The van der Waals surface area contributed by atoms with Crippen molar-refractivity contribution in [2.75, 3.05) is 32.4 Å². The molecule has 2 saturated heterocycles. The zero-order valence-electron chi connectivity index (χ0n) is 11.5. The van der Waals surface area contributed by atoms with Crippen LogP contribution in [0.4, 0.5) is 0 Å². The van der Waals surface area contributed by atoms with Gasteiger partial charge in [0.2, 0.25) is 15.9 Å². The van der Waals surface area contributed by atoms with E-state index < -0.39 is 16.0 Å². The Labute approximate surface area is 118 Å². The summed E-state index contributed by atoms with van der Waals surface area (Å²) in [5.74, 6) is -1.14. The van der Waals surface area contributed by atoms with E-state index in [4.69, 9.17) is 5.11 Å². The molecule has 1 amide bonds. The molecule has 2 aliphatic heterocycles. The molecule has 2 rings (SSSR count). The van der Waals surface area contributed by atoms with Crippen molar-refractivity contribution in [3.05, 3.63) is 0 Å². The smallest absolute Gasteiger partial charge is 0.303 e. The van der Waals surface area contributed by atoms with E-state index in [9.17, 15) is 18.0 Å². The number of amides is 1. The molecule has 0 bridgehead atoms. The number of sulfonamides is 1. The van der Waals surface area contributed by atoms with Gasteiger partial charge in [-0.2, -0.15) is 0 Å². The molecule has 0 aromatic rings. The molecule has 2 heterocycles. The average Bonchev–Trinajstić information content (AvgIpc) is 2.31. The van der Waals surface area contributed by atoms with Gasteiger partial charge >= 0.3 is 5.97 Å². The Morgan fingerprint density at radius 3 is 2.45 bits per heavy atom. The largest absolute Gasteiger partial charge is 0.481 e. The summed E-state index contributed by atoms with van der Waals surface area (Å²) in [7, 11) is -3.25. The lowest BCUT2D eigenvalue weighted by Crippen LogP contribution is -2.55. The first kappa shape index (κ1) is 15.2. The number of carboxylic acid groups (broad SMARTS) is 1. The van der Waals surface area contributed by atoms with Crippen LogP contribution < -0.4 is 0 Å². The highest BCUT2D eigenvalue weighted by Crippen LogP contribution is 2.26. The molecule has 20 heavy (non-hydrogen) atoms. The van der Waals surface area contributed by atoms with Crippen LogP contribution in [0.3, 0.4) is 0 Å². The summed E-state index contributed by atoms with van der Waals surface area (Å²) in [6.07, 6.45) is 2.64. The van der Waals surface area contributed by atoms with Crippen molar-refractivity contribution in [1.82, 2.24) is 9.21 Å². The van der Waals surface area contributed by atoms with Crippen molar-refractivity contribution in [2.24, 2.45) is 11.8 Å². The summed E-state index contributed by atoms with van der Waals surface area (Å²) < 4.78 is 24.4. The second-order valence-corrected chi connectivity index (χ2v) is 7.65. The van der Waals surface area contributed by atoms with Gasteiger partial charge in [-0.15, -0.1) is 0 Å². The molecular formula is C12H20N2O5S. The van der Waals surface area contributed by atoms with Crippen LogP contribution in [0, 0.1) is 11.8 Å². The molecule has 0 aliphatic carbocycles. The van der Waals surface area contributed by atoms with Gasteiger partial charge in [0.1, 0.15) is 0 Å². The average molecular weight is 304 g/mol. The zero-order valence-corrected chi connectivity index (χ0v) is 12.3. The van der Waals surface area contributed by atoms with Crippen LogP contribution in [0.2, 0.25) is 0 Å². The molecule has 7 nitrogen and oxygen atoms in total. The van der Waals surface area contributed by atoms with Crippen LogP contribution in [0.1, 0.15) is 19.3 Å². The molecule has 1 atom stereocenters. The van der Waals surface area contributed by atoms with Crippen LogP contribution in [0.25, 0.3) is 0 Å². The lowest BCUT2D eigenvalue weighted by molar-refractivity contribution is -0.148. The highest BCUT2D eigenvalue weighted by molar-refractivity contribution is 7.88. The molecule has 8 heteroatoms. The summed E-state index contributed by atoms with van der Waals surface area (Å²) in [5, 5.41) is 8.67. The minimum absolute atomic E-state index is 0.0334. The number of nitrogens with zero attached hydrogens (tertiary/aromatic N) is 2. The second kappa shape index (κ2) is 5.69. The summed E-state index contributed by atoms with van der Waals surface area (Å²) >= 11 is 0. The van der Waals surface area contributed by atoms with Crippen LogP contribution in [-0.2, 0) is 19.6 Å². The van der Waals surface area contributed by atoms with Crippen molar-refractivity contribution in [2.45, 2.75) is 19.3 Å². The van der Waals surface area contributed by atoms with E-state index >= 15 is 0 Å². The predicted molar refractivity (Wildman–Crippen MR) is 71.5 cm³/mol. The molecule has 2 aliphatic rings. The maximum absolute atomic E-state index is 12.2. The van der Waals surface area contributed by atoms with Gasteiger partial charge in [0.25, 0.3) is 0 Å². The summed E-state index contributed by atoms with van der Waals surface area (Å²) in [6, 6.07) is 0. The lowest BCUT2D eigenvalue weighted by Gasteiger charge is -2.42. The van der Waals surface area contributed by atoms with Crippen molar-refractivity contribution >= 4 is 21.9 Å². The Balaban J connectivity index is 1.86.